The highest BCUT2D eigenvalue weighted by atomic mass is 35.5. The number of hydrogen-bond donors (Lipinski definition) is 2. The van der Waals surface area contributed by atoms with Crippen LogP contribution >= 0.6 is 23.7 Å². The molecule has 11 heavy (non-hydrogen) atoms. The van der Waals surface area contributed by atoms with E-state index in [2.05, 4.69) is 4.98 Å². The molecule has 0 fully saturated rings. The molecule has 0 amide bonds. The molecule has 1 rings (SSSR count). The van der Waals surface area contributed by atoms with E-state index in [0.717, 1.165) is 15.6 Å². The van der Waals surface area contributed by atoms with E-state index in [4.69, 9.17) is 11.1 Å². The minimum atomic E-state index is 0. The lowest BCUT2D eigenvalue weighted by atomic mass is 10.4. The van der Waals surface area contributed by atoms with Crippen molar-refractivity contribution in [2.24, 2.45) is 5.73 Å². The van der Waals surface area contributed by atoms with Crippen molar-refractivity contribution in [3.8, 4) is 0 Å². The highest BCUT2D eigenvalue weighted by molar-refractivity contribution is 7.13. The SMILES string of the molecule is Cc1nc(C)c(C(=N)N)s1.Cl. The number of nitrogens with zero attached hydrogens (tertiary/aromatic N) is 1. The molecule has 0 radical (unpaired) electrons. The van der Waals surface area contributed by atoms with Crippen molar-refractivity contribution in [3.63, 3.8) is 0 Å². The van der Waals surface area contributed by atoms with Gasteiger partial charge in [0.2, 0.25) is 0 Å². The molecule has 5 heteroatoms. The molecule has 3 nitrogen and oxygen atoms in total. The molecule has 0 bridgehead atoms. The van der Waals surface area contributed by atoms with Crippen LogP contribution < -0.4 is 5.73 Å². The molecule has 1 aromatic heterocycles. The second kappa shape index (κ2) is 3.69. The predicted molar refractivity (Wildman–Crippen MR) is 49.9 cm³/mol. The maximum Gasteiger partial charge on any atom is 0.135 e. The molecule has 0 atom stereocenters. The number of halogens is 1. The molecule has 0 aromatic carbocycles. The van der Waals surface area contributed by atoms with Gasteiger partial charge >= 0.3 is 0 Å². The summed E-state index contributed by atoms with van der Waals surface area (Å²) in [5.74, 6) is 0.114. The first-order chi connectivity index (χ1) is 4.61. The number of amidine groups is 1. The Labute approximate surface area is 75.6 Å². The Kier molecular flexibility index (Phi) is 3.48. The van der Waals surface area contributed by atoms with Crippen LogP contribution in [0.4, 0.5) is 0 Å². The van der Waals surface area contributed by atoms with E-state index in [0.29, 0.717) is 0 Å². The Bertz CT molecular complexity index is 269. The lowest BCUT2D eigenvalue weighted by Gasteiger charge is -1.89. The van der Waals surface area contributed by atoms with Crippen LogP contribution in [0.25, 0.3) is 0 Å². The second-order valence-corrected chi connectivity index (χ2v) is 3.26. The van der Waals surface area contributed by atoms with Gasteiger partial charge in [0.25, 0.3) is 0 Å². The van der Waals surface area contributed by atoms with E-state index in [9.17, 15) is 0 Å². The maximum atomic E-state index is 7.14. The Morgan fingerprint density at radius 2 is 2.09 bits per heavy atom. The molecule has 0 saturated heterocycles. The Morgan fingerprint density at radius 3 is 2.27 bits per heavy atom. The summed E-state index contributed by atoms with van der Waals surface area (Å²) in [5.41, 5.74) is 6.14. The number of hydrogen-bond acceptors (Lipinski definition) is 3. The number of nitrogen functional groups attached to an aromatic ring is 1. The van der Waals surface area contributed by atoms with Crippen molar-refractivity contribution < 1.29 is 0 Å². The molecule has 3 N–H and O–H groups in total. The zero-order valence-corrected chi connectivity index (χ0v) is 7.97. The normalized spacial score (nSPS) is 8.91. The number of rotatable bonds is 1. The zero-order valence-electron chi connectivity index (χ0n) is 6.34. The summed E-state index contributed by atoms with van der Waals surface area (Å²) in [6.45, 7) is 3.77. The summed E-state index contributed by atoms with van der Waals surface area (Å²) in [6, 6.07) is 0. The van der Waals surface area contributed by atoms with Gasteiger partial charge in [0.1, 0.15) is 5.84 Å². The number of nitrogens with one attached hydrogen (secondary N) is 1. The van der Waals surface area contributed by atoms with Crippen molar-refractivity contribution >= 4 is 29.6 Å². The minimum absolute atomic E-state index is 0. The van der Waals surface area contributed by atoms with Crippen molar-refractivity contribution in [1.82, 2.24) is 4.98 Å². The van der Waals surface area contributed by atoms with Crippen molar-refractivity contribution in [2.75, 3.05) is 0 Å². The summed E-state index contributed by atoms with van der Waals surface area (Å²) < 4.78 is 0. The molecule has 0 spiro atoms. The fraction of sp³-hybridized carbons (Fsp3) is 0.333. The summed E-state index contributed by atoms with van der Waals surface area (Å²) in [7, 11) is 0. The van der Waals surface area contributed by atoms with Gasteiger partial charge in [-0.2, -0.15) is 0 Å². The predicted octanol–water partition coefficient (Wildman–Crippen LogP) is 1.47. The molecule has 0 unspecified atom stereocenters. The van der Waals surface area contributed by atoms with E-state index in [1.54, 1.807) is 0 Å². The zero-order chi connectivity index (χ0) is 7.72. The fourth-order valence-electron chi connectivity index (χ4n) is 0.781. The van der Waals surface area contributed by atoms with Gasteiger partial charge in [-0.15, -0.1) is 23.7 Å². The Hall–Kier alpha value is -0.610. The lowest BCUT2D eigenvalue weighted by Crippen LogP contribution is -2.10. The maximum absolute atomic E-state index is 7.14. The first-order valence-corrected chi connectivity index (χ1v) is 3.71. The second-order valence-electron chi connectivity index (χ2n) is 2.06. The third-order valence-electron chi connectivity index (χ3n) is 1.15. The van der Waals surface area contributed by atoms with Crippen molar-refractivity contribution in [2.45, 2.75) is 13.8 Å². The van der Waals surface area contributed by atoms with Crippen LogP contribution in [0.1, 0.15) is 15.6 Å². The van der Waals surface area contributed by atoms with E-state index >= 15 is 0 Å². The first kappa shape index (κ1) is 10.4. The van der Waals surface area contributed by atoms with E-state index < -0.39 is 0 Å². The average Bonchev–Trinajstić information content (AvgIpc) is 2.10. The number of nitrogens with two attached hydrogens (primary N) is 1. The molecule has 0 aliphatic carbocycles. The lowest BCUT2D eigenvalue weighted by molar-refractivity contribution is 1.19. The molecule has 1 heterocycles. The van der Waals surface area contributed by atoms with Crippen LogP contribution in [0.3, 0.4) is 0 Å². The Morgan fingerprint density at radius 1 is 1.55 bits per heavy atom. The van der Waals surface area contributed by atoms with Crippen molar-refractivity contribution in [3.05, 3.63) is 15.6 Å². The molecule has 0 aliphatic rings. The smallest absolute Gasteiger partial charge is 0.135 e. The van der Waals surface area contributed by atoms with E-state index in [1.807, 2.05) is 13.8 Å². The summed E-state index contributed by atoms with van der Waals surface area (Å²) in [5, 5.41) is 8.10. The quantitative estimate of drug-likeness (QED) is 0.522. The van der Waals surface area contributed by atoms with Gasteiger partial charge in [-0.25, -0.2) is 4.98 Å². The van der Waals surface area contributed by atoms with Crippen LogP contribution in [0, 0.1) is 19.3 Å². The molecule has 1 aromatic rings. The minimum Gasteiger partial charge on any atom is -0.383 e. The summed E-state index contributed by atoms with van der Waals surface area (Å²) in [6.07, 6.45) is 0. The standard InChI is InChI=1S/C6H9N3S.ClH/c1-3-5(6(7)8)10-4(2)9-3;/h1-2H3,(H3,7,8);1H. The third kappa shape index (κ3) is 2.17. The van der Waals surface area contributed by atoms with Crippen LogP contribution in [0.2, 0.25) is 0 Å². The average molecular weight is 192 g/mol. The first-order valence-electron chi connectivity index (χ1n) is 2.89. The number of thiazole rings is 1. The largest absolute Gasteiger partial charge is 0.383 e. The third-order valence-corrected chi connectivity index (χ3v) is 2.25. The number of aromatic nitrogens is 1. The van der Waals surface area contributed by atoms with Crippen molar-refractivity contribution in [1.29, 1.82) is 5.41 Å². The van der Waals surface area contributed by atoms with Crippen LogP contribution in [-0.4, -0.2) is 10.8 Å². The number of aryl methyl sites for hydroxylation is 2. The van der Waals surface area contributed by atoms with Crippen LogP contribution in [-0.2, 0) is 0 Å². The fourth-order valence-corrected chi connectivity index (χ4v) is 1.56. The van der Waals surface area contributed by atoms with Gasteiger partial charge in [-0.3, -0.25) is 5.41 Å². The molecular formula is C6H10ClN3S. The molecular weight excluding hydrogens is 182 g/mol. The monoisotopic (exact) mass is 191 g/mol. The van der Waals surface area contributed by atoms with Crippen LogP contribution in [0.15, 0.2) is 0 Å². The molecule has 0 saturated carbocycles. The highest BCUT2D eigenvalue weighted by Crippen LogP contribution is 2.15. The van der Waals surface area contributed by atoms with Gasteiger partial charge in [0.15, 0.2) is 0 Å². The molecule has 62 valence electrons. The van der Waals surface area contributed by atoms with E-state index in [-0.39, 0.29) is 18.2 Å². The summed E-state index contributed by atoms with van der Waals surface area (Å²) in [4.78, 5) is 4.92. The van der Waals surface area contributed by atoms with E-state index in [1.165, 1.54) is 11.3 Å². The topological polar surface area (TPSA) is 62.8 Å². The highest BCUT2D eigenvalue weighted by Gasteiger charge is 2.05. The Balaban J connectivity index is 0.000001000. The van der Waals surface area contributed by atoms with Gasteiger partial charge in [0.05, 0.1) is 15.6 Å². The van der Waals surface area contributed by atoms with Gasteiger partial charge in [0, 0.05) is 0 Å². The summed E-state index contributed by atoms with van der Waals surface area (Å²) >= 11 is 1.46. The van der Waals surface area contributed by atoms with Crippen LogP contribution in [0.5, 0.6) is 0 Å². The molecule has 0 aliphatic heterocycles. The van der Waals surface area contributed by atoms with Gasteiger partial charge in [-0.1, -0.05) is 0 Å². The van der Waals surface area contributed by atoms with Gasteiger partial charge in [-0.05, 0) is 13.8 Å². The van der Waals surface area contributed by atoms with Gasteiger partial charge < -0.3 is 5.73 Å².